The number of carbonyl (C=O) groups is 1. The van der Waals surface area contributed by atoms with Crippen molar-refractivity contribution < 1.29 is 9.18 Å². The van der Waals surface area contributed by atoms with Crippen LogP contribution in [0.5, 0.6) is 0 Å². The largest absolute Gasteiger partial charge is 0.342 e. The van der Waals surface area contributed by atoms with Gasteiger partial charge in [-0.05, 0) is 29.8 Å². The molecule has 1 atom stereocenters. The van der Waals surface area contributed by atoms with Crippen LogP contribution in [0.15, 0.2) is 65.8 Å². The Balaban J connectivity index is 1.67. The van der Waals surface area contributed by atoms with Gasteiger partial charge in [-0.1, -0.05) is 35.9 Å². The van der Waals surface area contributed by atoms with Gasteiger partial charge in [0.25, 0.3) is 0 Å². The Morgan fingerprint density at radius 3 is 2.67 bits per heavy atom. The van der Waals surface area contributed by atoms with Crippen molar-refractivity contribution in [3.63, 3.8) is 0 Å². The van der Waals surface area contributed by atoms with Crippen molar-refractivity contribution in [2.45, 2.75) is 17.4 Å². The summed E-state index contributed by atoms with van der Waals surface area (Å²) in [4.78, 5) is 17.8. The van der Waals surface area contributed by atoms with Gasteiger partial charge in [-0.25, -0.2) is 9.37 Å². The fraction of sp³-hybridized carbons (Fsp3) is 0.200. The first-order chi connectivity index (χ1) is 13.0. The van der Waals surface area contributed by atoms with Gasteiger partial charge >= 0.3 is 0 Å². The number of nitrogens with zero attached hydrogens (tertiary/aromatic N) is 2. The molecule has 0 aliphatic heterocycles. The summed E-state index contributed by atoms with van der Waals surface area (Å²) in [5, 5.41) is 3.69. The van der Waals surface area contributed by atoms with Crippen LogP contribution in [0.25, 0.3) is 0 Å². The summed E-state index contributed by atoms with van der Waals surface area (Å²) in [7, 11) is 1.86. The Hall–Kier alpha value is -2.31. The van der Waals surface area contributed by atoms with Crippen LogP contribution in [0.1, 0.15) is 23.9 Å². The van der Waals surface area contributed by atoms with Gasteiger partial charge in [0.2, 0.25) is 5.91 Å². The third kappa shape index (κ3) is 5.11. The zero-order chi connectivity index (χ0) is 19.2. The van der Waals surface area contributed by atoms with Crippen LogP contribution in [0.4, 0.5) is 4.39 Å². The molecule has 1 unspecified atom stereocenters. The van der Waals surface area contributed by atoms with E-state index in [9.17, 15) is 9.18 Å². The maximum atomic E-state index is 13.3. The van der Waals surface area contributed by atoms with Crippen molar-refractivity contribution >= 4 is 29.3 Å². The Morgan fingerprint density at radius 1 is 1.26 bits per heavy atom. The maximum Gasteiger partial charge on any atom is 0.221 e. The first kappa shape index (κ1) is 19.5. The standard InChI is InChI=1S/C20H19ClFN3OS/c1-25-12-11-23-20(25)19(14-6-8-15(22)9-7-14)24-18(26)10-13-27-17-5-3-2-4-16(17)21/h2-9,11-12,19H,10,13H2,1H3,(H,24,26). The molecule has 3 aromatic rings. The summed E-state index contributed by atoms with van der Waals surface area (Å²) in [6.45, 7) is 0. The minimum absolute atomic E-state index is 0.105. The van der Waals surface area contributed by atoms with Crippen LogP contribution >= 0.6 is 23.4 Å². The number of hydrogen-bond donors (Lipinski definition) is 1. The van der Waals surface area contributed by atoms with Gasteiger partial charge in [-0.3, -0.25) is 4.79 Å². The van der Waals surface area contributed by atoms with E-state index in [1.807, 2.05) is 42.1 Å². The minimum Gasteiger partial charge on any atom is -0.342 e. The Morgan fingerprint density at radius 2 is 2.00 bits per heavy atom. The zero-order valence-electron chi connectivity index (χ0n) is 14.7. The molecule has 0 saturated carbocycles. The fourth-order valence-electron chi connectivity index (χ4n) is 2.66. The molecular weight excluding hydrogens is 385 g/mol. The molecule has 2 aromatic carbocycles. The summed E-state index contributed by atoms with van der Waals surface area (Å²) in [6, 6.07) is 13.2. The third-order valence-electron chi connectivity index (χ3n) is 4.05. The average molecular weight is 404 g/mol. The third-order valence-corrected chi connectivity index (χ3v) is 5.57. The number of aromatic nitrogens is 2. The molecule has 4 nitrogen and oxygen atoms in total. The molecule has 1 heterocycles. The number of halogens is 2. The van der Waals surface area contributed by atoms with Crippen LogP contribution in [-0.4, -0.2) is 21.2 Å². The predicted molar refractivity (Wildman–Crippen MR) is 106 cm³/mol. The van der Waals surface area contributed by atoms with Crippen molar-refractivity contribution in [1.29, 1.82) is 0 Å². The van der Waals surface area contributed by atoms with Crippen LogP contribution < -0.4 is 5.32 Å². The Labute approximate surface area is 166 Å². The van der Waals surface area contributed by atoms with E-state index in [2.05, 4.69) is 10.3 Å². The predicted octanol–water partition coefficient (Wildman–Crippen LogP) is 4.60. The lowest BCUT2D eigenvalue weighted by atomic mass is 10.1. The first-order valence-corrected chi connectivity index (χ1v) is 9.80. The molecule has 0 spiro atoms. The Kier molecular flexibility index (Phi) is 6.53. The molecule has 1 N–H and O–H groups in total. The van der Waals surface area contributed by atoms with Gasteiger partial charge in [-0.2, -0.15) is 0 Å². The summed E-state index contributed by atoms with van der Waals surface area (Å²) in [6.07, 6.45) is 3.81. The highest BCUT2D eigenvalue weighted by Crippen LogP contribution is 2.27. The van der Waals surface area contributed by atoms with Crippen molar-refractivity contribution in [2.75, 3.05) is 5.75 Å². The number of aryl methyl sites for hydroxylation is 1. The molecule has 7 heteroatoms. The quantitative estimate of drug-likeness (QED) is 0.586. The van der Waals surface area contributed by atoms with Crippen molar-refractivity contribution in [2.24, 2.45) is 7.05 Å². The summed E-state index contributed by atoms with van der Waals surface area (Å²) < 4.78 is 15.1. The molecule has 0 aliphatic carbocycles. The maximum absolute atomic E-state index is 13.3. The lowest BCUT2D eigenvalue weighted by Gasteiger charge is -2.19. The average Bonchev–Trinajstić information content (AvgIpc) is 3.08. The number of rotatable bonds is 7. The number of thioether (sulfide) groups is 1. The molecule has 27 heavy (non-hydrogen) atoms. The fourth-order valence-corrected chi connectivity index (χ4v) is 3.84. The molecular formula is C20H19ClFN3OS. The SMILES string of the molecule is Cn1ccnc1C(NC(=O)CCSc1ccccc1Cl)c1ccc(F)cc1. The second-order valence-electron chi connectivity index (χ2n) is 5.98. The smallest absolute Gasteiger partial charge is 0.221 e. The number of imidazole rings is 1. The summed E-state index contributed by atoms with van der Waals surface area (Å²) >= 11 is 7.68. The zero-order valence-corrected chi connectivity index (χ0v) is 16.3. The van der Waals surface area contributed by atoms with Crippen molar-refractivity contribution in [1.82, 2.24) is 14.9 Å². The van der Waals surface area contributed by atoms with Crippen LogP contribution in [0, 0.1) is 5.82 Å². The van der Waals surface area contributed by atoms with Gasteiger partial charge in [0.05, 0.1) is 5.02 Å². The highest BCUT2D eigenvalue weighted by Gasteiger charge is 2.20. The minimum atomic E-state index is -0.441. The number of carbonyl (C=O) groups excluding carboxylic acids is 1. The van der Waals surface area contributed by atoms with Crippen molar-refractivity contribution in [3.05, 3.63) is 83.2 Å². The number of amides is 1. The molecule has 3 rings (SSSR count). The highest BCUT2D eigenvalue weighted by atomic mass is 35.5. The van der Waals surface area contributed by atoms with Gasteiger partial charge in [-0.15, -0.1) is 11.8 Å². The monoisotopic (exact) mass is 403 g/mol. The van der Waals surface area contributed by atoms with E-state index in [1.165, 1.54) is 23.9 Å². The normalized spacial score (nSPS) is 12.0. The van der Waals surface area contributed by atoms with Gasteiger partial charge in [0, 0.05) is 36.5 Å². The molecule has 1 amide bonds. The van der Waals surface area contributed by atoms with E-state index in [0.717, 1.165) is 10.5 Å². The van der Waals surface area contributed by atoms with E-state index < -0.39 is 6.04 Å². The number of nitrogens with one attached hydrogen (secondary N) is 1. The van der Waals surface area contributed by atoms with E-state index in [1.54, 1.807) is 18.3 Å². The number of benzene rings is 2. The lowest BCUT2D eigenvalue weighted by Crippen LogP contribution is -2.31. The van der Waals surface area contributed by atoms with Crippen LogP contribution in [0.2, 0.25) is 5.02 Å². The van der Waals surface area contributed by atoms with Gasteiger partial charge < -0.3 is 9.88 Å². The van der Waals surface area contributed by atoms with Gasteiger partial charge in [0.1, 0.15) is 17.7 Å². The first-order valence-electron chi connectivity index (χ1n) is 8.44. The second-order valence-corrected chi connectivity index (χ2v) is 7.52. The van der Waals surface area contributed by atoms with Gasteiger partial charge in [0.15, 0.2) is 0 Å². The van der Waals surface area contributed by atoms with E-state index >= 15 is 0 Å². The van der Waals surface area contributed by atoms with E-state index in [-0.39, 0.29) is 11.7 Å². The topological polar surface area (TPSA) is 46.9 Å². The molecule has 0 radical (unpaired) electrons. The van der Waals surface area contributed by atoms with Crippen molar-refractivity contribution in [3.8, 4) is 0 Å². The molecule has 0 aliphatic rings. The molecule has 0 saturated heterocycles. The summed E-state index contributed by atoms with van der Waals surface area (Å²) in [5.41, 5.74) is 0.776. The molecule has 1 aromatic heterocycles. The lowest BCUT2D eigenvalue weighted by molar-refractivity contribution is -0.121. The van der Waals surface area contributed by atoms with Crippen LogP contribution in [-0.2, 0) is 11.8 Å². The molecule has 0 bridgehead atoms. The van der Waals surface area contributed by atoms with Crippen LogP contribution in [0.3, 0.4) is 0 Å². The van der Waals surface area contributed by atoms with E-state index in [0.29, 0.717) is 23.0 Å². The Bertz CT molecular complexity index is 914. The number of hydrogen-bond acceptors (Lipinski definition) is 3. The molecule has 140 valence electrons. The second kappa shape index (κ2) is 9.06. The molecule has 0 fully saturated rings. The van der Waals surface area contributed by atoms with E-state index in [4.69, 9.17) is 11.6 Å². The highest BCUT2D eigenvalue weighted by molar-refractivity contribution is 7.99. The summed E-state index contributed by atoms with van der Waals surface area (Å²) in [5.74, 6) is 0.868.